The van der Waals surface area contributed by atoms with Gasteiger partial charge in [-0.25, -0.2) is 0 Å². The van der Waals surface area contributed by atoms with Crippen LogP contribution in [-0.2, 0) is 24.2 Å². The average Bonchev–Trinajstić information content (AvgIpc) is 3.41. The molecule has 2 aromatic heterocycles. The van der Waals surface area contributed by atoms with Crippen molar-refractivity contribution < 1.29 is 14.0 Å². The molecule has 8 heteroatoms. The number of halogens is 1. The minimum atomic E-state index is -0.187. The molecule has 2 heterocycles. The van der Waals surface area contributed by atoms with Crippen molar-refractivity contribution >= 4 is 49.8 Å². The van der Waals surface area contributed by atoms with Crippen molar-refractivity contribution in [2.24, 2.45) is 11.3 Å². The molecule has 4 rings (SSSR count). The van der Waals surface area contributed by atoms with Crippen LogP contribution in [-0.4, -0.2) is 18.4 Å². The SMILES string of the molecule is CC(C)(C)[C@H]1CCc2c(sc(NC(=O)CNCc3ccco3)c2C(=O)Nc2ccc(Br)cc2)C1. The Morgan fingerprint density at radius 2 is 1.91 bits per heavy atom. The van der Waals surface area contributed by atoms with Gasteiger partial charge in [-0.3, -0.25) is 9.59 Å². The number of carbonyl (C=O) groups is 2. The van der Waals surface area contributed by atoms with Crippen LogP contribution in [0.5, 0.6) is 0 Å². The van der Waals surface area contributed by atoms with Crippen LogP contribution < -0.4 is 16.0 Å². The van der Waals surface area contributed by atoms with E-state index in [1.807, 2.05) is 36.4 Å². The van der Waals surface area contributed by atoms with Crippen molar-refractivity contribution in [2.45, 2.75) is 46.6 Å². The molecule has 0 fully saturated rings. The summed E-state index contributed by atoms with van der Waals surface area (Å²) in [6.45, 7) is 7.40. The maximum atomic E-state index is 13.4. The molecule has 2 amide bonds. The van der Waals surface area contributed by atoms with Gasteiger partial charge in [0.2, 0.25) is 5.91 Å². The van der Waals surface area contributed by atoms with Crippen LogP contribution in [0.3, 0.4) is 0 Å². The van der Waals surface area contributed by atoms with E-state index in [1.54, 1.807) is 6.26 Å². The second kappa shape index (κ2) is 10.5. The first kappa shape index (κ1) is 24.7. The lowest BCUT2D eigenvalue weighted by Gasteiger charge is -2.33. The highest BCUT2D eigenvalue weighted by atomic mass is 79.9. The molecule has 6 nitrogen and oxygen atoms in total. The lowest BCUT2D eigenvalue weighted by atomic mass is 9.72. The molecule has 0 saturated carbocycles. The van der Waals surface area contributed by atoms with E-state index >= 15 is 0 Å². The molecule has 0 spiro atoms. The van der Waals surface area contributed by atoms with Crippen LogP contribution in [0.4, 0.5) is 10.7 Å². The Morgan fingerprint density at radius 3 is 2.59 bits per heavy atom. The Balaban J connectivity index is 1.54. The predicted octanol–water partition coefficient (Wildman–Crippen LogP) is 6.24. The van der Waals surface area contributed by atoms with Crippen molar-refractivity contribution in [3.63, 3.8) is 0 Å². The van der Waals surface area contributed by atoms with Gasteiger partial charge in [-0.2, -0.15) is 0 Å². The first-order valence-corrected chi connectivity index (χ1v) is 13.1. The molecule has 1 aromatic carbocycles. The lowest BCUT2D eigenvalue weighted by molar-refractivity contribution is -0.115. The van der Waals surface area contributed by atoms with Crippen molar-refractivity contribution in [3.8, 4) is 0 Å². The van der Waals surface area contributed by atoms with E-state index in [2.05, 4.69) is 52.7 Å². The number of hydrogen-bond donors (Lipinski definition) is 3. The van der Waals surface area contributed by atoms with Gasteiger partial charge in [-0.1, -0.05) is 36.7 Å². The third-order valence-electron chi connectivity index (χ3n) is 6.24. The molecule has 0 bridgehead atoms. The molecule has 0 unspecified atom stereocenters. The van der Waals surface area contributed by atoms with E-state index in [0.717, 1.165) is 35.1 Å². The first-order valence-electron chi connectivity index (χ1n) is 11.4. The normalized spacial score (nSPS) is 15.6. The summed E-state index contributed by atoms with van der Waals surface area (Å²) in [7, 11) is 0. The highest BCUT2D eigenvalue weighted by molar-refractivity contribution is 9.10. The fraction of sp³-hybridized carbons (Fsp3) is 0.385. The van der Waals surface area contributed by atoms with Gasteiger partial charge in [0.1, 0.15) is 10.8 Å². The largest absolute Gasteiger partial charge is 0.468 e. The first-order chi connectivity index (χ1) is 16.2. The summed E-state index contributed by atoms with van der Waals surface area (Å²) in [6.07, 6.45) is 4.40. The standard InChI is InChI=1S/C26H30BrN3O3S/c1-26(2,3)16-6-11-20-21(13-16)34-25(30-22(31)15-28-14-19-5-4-12-33-19)23(20)24(32)29-18-9-7-17(27)8-10-18/h4-5,7-10,12,16,28H,6,11,13-15H2,1-3H3,(H,29,32)(H,30,31)/t16-/m0/s1. The van der Waals surface area contributed by atoms with Crippen LogP contribution in [0, 0.1) is 11.3 Å². The number of furan rings is 1. The molecule has 1 aliphatic rings. The molecule has 34 heavy (non-hydrogen) atoms. The lowest BCUT2D eigenvalue weighted by Crippen LogP contribution is -2.28. The van der Waals surface area contributed by atoms with E-state index in [9.17, 15) is 9.59 Å². The predicted molar refractivity (Wildman–Crippen MR) is 140 cm³/mol. The average molecular weight is 545 g/mol. The summed E-state index contributed by atoms with van der Waals surface area (Å²) in [5.41, 5.74) is 2.57. The molecule has 3 aromatic rings. The Hall–Kier alpha value is -2.42. The topological polar surface area (TPSA) is 83.4 Å². The smallest absolute Gasteiger partial charge is 0.258 e. The third-order valence-corrected chi connectivity index (χ3v) is 7.94. The van der Waals surface area contributed by atoms with Crippen LogP contribution >= 0.6 is 27.3 Å². The van der Waals surface area contributed by atoms with E-state index < -0.39 is 0 Å². The highest BCUT2D eigenvalue weighted by Crippen LogP contribution is 2.44. The number of fused-ring (bicyclic) bond motifs is 1. The number of nitrogens with one attached hydrogen (secondary N) is 3. The minimum absolute atomic E-state index is 0.127. The fourth-order valence-corrected chi connectivity index (χ4v) is 5.87. The summed E-state index contributed by atoms with van der Waals surface area (Å²) in [4.78, 5) is 27.3. The Labute approximate surface area is 212 Å². The van der Waals surface area contributed by atoms with Crippen molar-refractivity contribution in [1.29, 1.82) is 0 Å². The van der Waals surface area contributed by atoms with Gasteiger partial charge in [0.05, 0.1) is 24.9 Å². The summed E-state index contributed by atoms with van der Waals surface area (Å²) >= 11 is 4.96. The summed E-state index contributed by atoms with van der Waals surface area (Å²) in [5, 5.41) is 9.71. The van der Waals surface area contributed by atoms with E-state index in [-0.39, 0.29) is 23.8 Å². The quantitative estimate of drug-likeness (QED) is 0.329. The molecular formula is C26H30BrN3O3S. The van der Waals surface area contributed by atoms with Crippen molar-refractivity contribution in [1.82, 2.24) is 5.32 Å². The number of benzene rings is 1. The van der Waals surface area contributed by atoms with Crippen molar-refractivity contribution in [2.75, 3.05) is 17.2 Å². The zero-order valence-electron chi connectivity index (χ0n) is 19.7. The van der Waals surface area contributed by atoms with Crippen molar-refractivity contribution in [3.05, 3.63) is 68.9 Å². The molecule has 1 aliphatic carbocycles. The highest BCUT2D eigenvalue weighted by Gasteiger charge is 2.34. The van der Waals surface area contributed by atoms with E-state index in [1.165, 1.54) is 16.2 Å². The third kappa shape index (κ3) is 5.98. The van der Waals surface area contributed by atoms with Crippen LogP contribution in [0.15, 0.2) is 51.6 Å². The number of hydrogen-bond acceptors (Lipinski definition) is 5. The van der Waals surface area contributed by atoms with Gasteiger partial charge >= 0.3 is 0 Å². The van der Waals surface area contributed by atoms with Gasteiger partial charge in [-0.15, -0.1) is 11.3 Å². The second-order valence-corrected chi connectivity index (χ2v) is 11.7. The minimum Gasteiger partial charge on any atom is -0.468 e. The fourth-order valence-electron chi connectivity index (χ4n) is 4.26. The number of amides is 2. The molecule has 180 valence electrons. The van der Waals surface area contributed by atoms with Gasteiger partial charge in [0.15, 0.2) is 0 Å². The maximum absolute atomic E-state index is 13.4. The molecule has 0 aliphatic heterocycles. The number of carbonyl (C=O) groups excluding carboxylic acids is 2. The summed E-state index contributed by atoms with van der Waals surface area (Å²) in [6, 6.07) is 11.2. The zero-order valence-corrected chi connectivity index (χ0v) is 22.1. The maximum Gasteiger partial charge on any atom is 0.258 e. The van der Waals surface area contributed by atoms with Crippen LogP contribution in [0.2, 0.25) is 0 Å². The Bertz CT molecular complexity index is 1150. The summed E-state index contributed by atoms with van der Waals surface area (Å²) in [5.74, 6) is 0.935. The second-order valence-electron chi connectivity index (χ2n) is 9.71. The van der Waals surface area contributed by atoms with Gasteiger partial charge in [0.25, 0.3) is 5.91 Å². The van der Waals surface area contributed by atoms with Crippen LogP contribution in [0.25, 0.3) is 0 Å². The molecule has 3 N–H and O–H groups in total. The molecule has 1 atom stereocenters. The monoisotopic (exact) mass is 543 g/mol. The number of thiophene rings is 1. The van der Waals surface area contributed by atoms with Gasteiger partial charge in [-0.05, 0) is 72.6 Å². The Kier molecular flexibility index (Phi) is 7.60. The number of anilines is 2. The molecular weight excluding hydrogens is 514 g/mol. The molecule has 0 saturated heterocycles. The van der Waals surface area contributed by atoms with Gasteiger partial charge < -0.3 is 20.4 Å². The summed E-state index contributed by atoms with van der Waals surface area (Å²) < 4.78 is 6.24. The molecule has 0 radical (unpaired) electrons. The van der Waals surface area contributed by atoms with E-state index in [4.69, 9.17) is 4.42 Å². The van der Waals surface area contributed by atoms with Crippen LogP contribution in [0.1, 0.15) is 53.8 Å². The van der Waals surface area contributed by atoms with Gasteiger partial charge in [0, 0.05) is 15.0 Å². The number of rotatable bonds is 7. The Morgan fingerprint density at radius 1 is 1.15 bits per heavy atom. The zero-order chi connectivity index (χ0) is 24.3. The van der Waals surface area contributed by atoms with E-state index in [0.29, 0.717) is 28.7 Å².